The smallest absolute Gasteiger partial charge is 0.230 e. The van der Waals surface area contributed by atoms with Crippen LogP contribution in [0.25, 0.3) is 10.9 Å². The van der Waals surface area contributed by atoms with Gasteiger partial charge in [-0.1, -0.05) is 0 Å². The number of benzene rings is 1. The predicted octanol–water partition coefficient (Wildman–Crippen LogP) is 1.89. The van der Waals surface area contributed by atoms with Crippen LogP contribution in [0, 0.1) is 5.82 Å². The predicted molar refractivity (Wildman–Crippen MR) is 86.5 cm³/mol. The lowest BCUT2D eigenvalue weighted by molar-refractivity contribution is -0.126. The normalized spacial score (nSPS) is 20.7. The van der Waals surface area contributed by atoms with Gasteiger partial charge in [0, 0.05) is 23.1 Å². The van der Waals surface area contributed by atoms with Crippen LogP contribution in [0.4, 0.5) is 4.39 Å². The van der Waals surface area contributed by atoms with E-state index in [4.69, 9.17) is 0 Å². The van der Waals surface area contributed by atoms with Crippen molar-refractivity contribution in [2.75, 3.05) is 11.5 Å². The molecule has 1 aliphatic rings. The Bertz CT molecular complexity index is 871. The van der Waals surface area contributed by atoms with Crippen LogP contribution in [0.5, 0.6) is 0 Å². The number of fused-ring (bicyclic) bond motifs is 1. The molecule has 3 rings (SSSR count). The van der Waals surface area contributed by atoms with Crippen molar-refractivity contribution in [2.45, 2.75) is 31.7 Å². The summed E-state index contributed by atoms with van der Waals surface area (Å²) in [5.41, 5.74) is 0.536. The average molecular weight is 338 g/mol. The number of carbonyl (C=O) groups is 1. The van der Waals surface area contributed by atoms with Crippen molar-refractivity contribution in [3.8, 4) is 0 Å². The van der Waals surface area contributed by atoms with Crippen molar-refractivity contribution in [3.05, 3.63) is 35.8 Å². The molecule has 1 aromatic carbocycles. The Kier molecular flexibility index (Phi) is 3.71. The molecule has 0 bridgehead atoms. The molecule has 1 aromatic heterocycles. The standard InChI is InChI=1S/C16H19FN2O3S/c1-16(2,15(20)19-11-5-6-23(21,22)9-11)13-8-18-14-4-3-10(17)7-12(13)14/h3-4,7-8,11,18H,5-6,9H2,1-2H3,(H,19,20). The minimum Gasteiger partial charge on any atom is -0.361 e. The number of hydrogen-bond donors (Lipinski definition) is 2. The fourth-order valence-corrected chi connectivity index (χ4v) is 4.68. The van der Waals surface area contributed by atoms with Gasteiger partial charge in [0.1, 0.15) is 5.82 Å². The molecule has 5 nitrogen and oxygen atoms in total. The number of nitrogens with one attached hydrogen (secondary N) is 2. The summed E-state index contributed by atoms with van der Waals surface area (Å²) >= 11 is 0. The molecular weight excluding hydrogens is 319 g/mol. The van der Waals surface area contributed by atoms with Crippen molar-refractivity contribution in [1.82, 2.24) is 10.3 Å². The summed E-state index contributed by atoms with van der Waals surface area (Å²) in [6.07, 6.45) is 2.14. The van der Waals surface area contributed by atoms with Crippen LogP contribution in [0.2, 0.25) is 0 Å². The van der Waals surface area contributed by atoms with Crippen molar-refractivity contribution >= 4 is 26.6 Å². The number of H-pyrrole nitrogens is 1. The van der Waals surface area contributed by atoms with E-state index in [0.717, 1.165) is 5.52 Å². The van der Waals surface area contributed by atoms with Gasteiger partial charge in [0.25, 0.3) is 0 Å². The zero-order valence-corrected chi connectivity index (χ0v) is 13.8. The number of amides is 1. The van der Waals surface area contributed by atoms with Crippen LogP contribution in [0.3, 0.4) is 0 Å². The molecule has 1 amide bonds. The zero-order chi connectivity index (χ0) is 16.8. The number of halogens is 1. The van der Waals surface area contributed by atoms with Gasteiger partial charge < -0.3 is 10.3 Å². The summed E-state index contributed by atoms with van der Waals surface area (Å²) in [4.78, 5) is 15.7. The highest BCUT2D eigenvalue weighted by Gasteiger charge is 2.36. The second-order valence-electron chi connectivity index (χ2n) is 6.59. The highest BCUT2D eigenvalue weighted by Crippen LogP contribution is 2.31. The molecule has 0 saturated carbocycles. The number of aromatic nitrogens is 1. The summed E-state index contributed by atoms with van der Waals surface area (Å²) in [7, 11) is -3.05. The van der Waals surface area contributed by atoms with E-state index in [1.807, 2.05) is 0 Å². The third kappa shape index (κ3) is 2.97. The van der Waals surface area contributed by atoms with Crippen LogP contribution in [-0.2, 0) is 20.0 Å². The first-order valence-electron chi connectivity index (χ1n) is 7.47. The Hall–Kier alpha value is -1.89. The van der Waals surface area contributed by atoms with E-state index in [-0.39, 0.29) is 29.3 Å². The lowest BCUT2D eigenvalue weighted by atomic mass is 9.83. The van der Waals surface area contributed by atoms with E-state index < -0.39 is 15.3 Å². The fourth-order valence-electron chi connectivity index (χ4n) is 3.01. The van der Waals surface area contributed by atoms with Crippen LogP contribution in [-0.4, -0.2) is 36.9 Å². The quantitative estimate of drug-likeness (QED) is 0.897. The van der Waals surface area contributed by atoms with Gasteiger partial charge in [0.05, 0.1) is 16.9 Å². The summed E-state index contributed by atoms with van der Waals surface area (Å²) < 4.78 is 36.5. The number of carbonyl (C=O) groups excluding carboxylic acids is 1. The molecule has 124 valence electrons. The molecule has 2 heterocycles. The minimum atomic E-state index is -3.05. The molecule has 1 saturated heterocycles. The monoisotopic (exact) mass is 338 g/mol. The molecule has 1 atom stereocenters. The first-order valence-corrected chi connectivity index (χ1v) is 9.30. The lowest BCUT2D eigenvalue weighted by Gasteiger charge is -2.25. The Morgan fingerprint density at radius 2 is 2.13 bits per heavy atom. The van der Waals surface area contributed by atoms with Crippen LogP contribution < -0.4 is 5.32 Å². The Morgan fingerprint density at radius 3 is 2.78 bits per heavy atom. The number of sulfone groups is 1. The summed E-state index contributed by atoms with van der Waals surface area (Å²) in [6, 6.07) is 4.04. The maximum atomic E-state index is 13.5. The van der Waals surface area contributed by atoms with Crippen molar-refractivity contribution in [3.63, 3.8) is 0 Å². The first-order chi connectivity index (χ1) is 10.7. The molecule has 0 radical (unpaired) electrons. The number of hydrogen-bond acceptors (Lipinski definition) is 3. The maximum absolute atomic E-state index is 13.5. The molecule has 1 unspecified atom stereocenters. The molecule has 1 fully saturated rings. The lowest BCUT2D eigenvalue weighted by Crippen LogP contribution is -2.45. The Labute approximate surface area is 134 Å². The molecule has 2 N–H and O–H groups in total. The Balaban J connectivity index is 1.87. The molecule has 1 aliphatic heterocycles. The van der Waals surface area contributed by atoms with Gasteiger partial charge in [0.2, 0.25) is 5.91 Å². The topological polar surface area (TPSA) is 79.0 Å². The van der Waals surface area contributed by atoms with Crippen LogP contribution >= 0.6 is 0 Å². The average Bonchev–Trinajstić information content (AvgIpc) is 3.01. The minimum absolute atomic E-state index is 0.0165. The highest BCUT2D eigenvalue weighted by molar-refractivity contribution is 7.91. The summed E-state index contributed by atoms with van der Waals surface area (Å²) in [5, 5.41) is 3.47. The summed E-state index contributed by atoms with van der Waals surface area (Å²) in [5.74, 6) is -0.533. The van der Waals surface area contributed by atoms with E-state index >= 15 is 0 Å². The molecule has 0 spiro atoms. The zero-order valence-electron chi connectivity index (χ0n) is 13.0. The van der Waals surface area contributed by atoms with Gasteiger partial charge >= 0.3 is 0 Å². The number of aromatic amines is 1. The third-order valence-electron chi connectivity index (χ3n) is 4.45. The van der Waals surface area contributed by atoms with E-state index in [9.17, 15) is 17.6 Å². The largest absolute Gasteiger partial charge is 0.361 e. The van der Waals surface area contributed by atoms with Crippen molar-refractivity contribution in [2.24, 2.45) is 0 Å². The maximum Gasteiger partial charge on any atom is 0.230 e. The van der Waals surface area contributed by atoms with Crippen molar-refractivity contribution < 1.29 is 17.6 Å². The van der Waals surface area contributed by atoms with E-state index in [0.29, 0.717) is 17.4 Å². The Morgan fingerprint density at radius 1 is 1.39 bits per heavy atom. The van der Waals surface area contributed by atoms with Gasteiger partial charge in [-0.25, -0.2) is 12.8 Å². The van der Waals surface area contributed by atoms with Gasteiger partial charge in [0.15, 0.2) is 9.84 Å². The van der Waals surface area contributed by atoms with Gasteiger partial charge in [-0.15, -0.1) is 0 Å². The molecule has 7 heteroatoms. The molecular formula is C16H19FN2O3S. The molecule has 23 heavy (non-hydrogen) atoms. The van der Waals surface area contributed by atoms with Crippen molar-refractivity contribution in [1.29, 1.82) is 0 Å². The van der Waals surface area contributed by atoms with Gasteiger partial charge in [-0.2, -0.15) is 0 Å². The second kappa shape index (κ2) is 5.33. The van der Waals surface area contributed by atoms with E-state index in [2.05, 4.69) is 10.3 Å². The number of rotatable bonds is 3. The van der Waals surface area contributed by atoms with Gasteiger partial charge in [-0.05, 0) is 44.0 Å². The van der Waals surface area contributed by atoms with E-state index in [1.165, 1.54) is 12.1 Å². The fraction of sp³-hybridized carbons (Fsp3) is 0.438. The van der Waals surface area contributed by atoms with Gasteiger partial charge in [-0.3, -0.25) is 4.79 Å². The molecule has 0 aliphatic carbocycles. The second-order valence-corrected chi connectivity index (χ2v) is 8.82. The summed E-state index contributed by atoms with van der Waals surface area (Å²) in [6.45, 7) is 3.50. The van der Waals surface area contributed by atoms with Crippen LogP contribution in [0.15, 0.2) is 24.4 Å². The molecule has 2 aromatic rings. The third-order valence-corrected chi connectivity index (χ3v) is 6.22. The van der Waals surface area contributed by atoms with Crippen LogP contribution in [0.1, 0.15) is 25.8 Å². The van der Waals surface area contributed by atoms with E-state index in [1.54, 1.807) is 26.1 Å². The SMILES string of the molecule is CC(C)(C(=O)NC1CCS(=O)(=O)C1)c1c[nH]c2ccc(F)cc12. The first kappa shape index (κ1) is 16.0. The highest BCUT2D eigenvalue weighted by atomic mass is 32.2.